The van der Waals surface area contributed by atoms with E-state index in [4.69, 9.17) is 0 Å². The molecule has 1 aromatic carbocycles. The maximum atomic E-state index is 13.2. The third kappa shape index (κ3) is 2.96. The van der Waals surface area contributed by atoms with E-state index < -0.39 is 0 Å². The fraction of sp³-hybridized carbons (Fsp3) is 0.462. The number of nitrogens with zero attached hydrogens (tertiary/aromatic N) is 1. The van der Waals surface area contributed by atoms with E-state index in [1.54, 1.807) is 6.07 Å². The van der Waals surface area contributed by atoms with Gasteiger partial charge in [0.1, 0.15) is 5.82 Å². The Balaban J connectivity index is 2.27. The minimum absolute atomic E-state index is 0.172. The molecule has 0 atom stereocenters. The van der Waals surface area contributed by atoms with Gasteiger partial charge < -0.3 is 10.2 Å². The number of hydrogen-bond acceptors (Lipinski definition) is 2. The van der Waals surface area contributed by atoms with Gasteiger partial charge in [0.15, 0.2) is 0 Å². The fourth-order valence-electron chi connectivity index (χ4n) is 2.21. The Kier molecular flexibility index (Phi) is 3.61. The second-order valence-corrected chi connectivity index (χ2v) is 4.39. The van der Waals surface area contributed by atoms with Gasteiger partial charge in [0.05, 0.1) is 11.4 Å². The van der Waals surface area contributed by atoms with Gasteiger partial charge in [-0.1, -0.05) is 0 Å². The van der Waals surface area contributed by atoms with Crippen molar-refractivity contribution in [2.45, 2.75) is 26.2 Å². The number of carbonyl (C=O) groups excluding carboxylic acids is 1. The zero-order chi connectivity index (χ0) is 12.3. The molecule has 1 amide bonds. The number of piperidine rings is 1. The minimum atomic E-state index is -0.325. The molecule has 0 aromatic heterocycles. The third-order valence-electron chi connectivity index (χ3n) is 2.97. The standard InChI is InChI=1S/C13H17FN2O/c1-10(17)15-12-9-11(14)5-6-13(12)16-7-3-2-4-8-16/h5-6,9H,2-4,7-8H2,1H3,(H,15,17). The summed E-state index contributed by atoms with van der Waals surface area (Å²) in [5.74, 6) is -0.497. The molecule has 0 unspecified atom stereocenters. The van der Waals surface area contributed by atoms with Crippen molar-refractivity contribution < 1.29 is 9.18 Å². The molecule has 1 aromatic rings. The highest BCUT2D eigenvalue weighted by molar-refractivity contribution is 5.92. The molecule has 1 aliphatic heterocycles. The smallest absolute Gasteiger partial charge is 0.221 e. The summed E-state index contributed by atoms with van der Waals surface area (Å²) in [7, 11) is 0. The summed E-state index contributed by atoms with van der Waals surface area (Å²) < 4.78 is 13.2. The van der Waals surface area contributed by atoms with E-state index in [0.29, 0.717) is 5.69 Å². The Morgan fingerprint density at radius 1 is 1.29 bits per heavy atom. The molecule has 0 bridgehead atoms. The lowest BCUT2D eigenvalue weighted by molar-refractivity contribution is -0.114. The molecular weight excluding hydrogens is 219 g/mol. The predicted molar refractivity (Wildman–Crippen MR) is 66.8 cm³/mol. The largest absolute Gasteiger partial charge is 0.370 e. The van der Waals surface area contributed by atoms with E-state index in [0.717, 1.165) is 31.6 Å². The van der Waals surface area contributed by atoms with Crippen molar-refractivity contribution in [2.75, 3.05) is 23.3 Å². The lowest BCUT2D eigenvalue weighted by Crippen LogP contribution is -2.30. The first kappa shape index (κ1) is 11.9. The number of nitrogens with one attached hydrogen (secondary N) is 1. The second-order valence-electron chi connectivity index (χ2n) is 4.39. The topological polar surface area (TPSA) is 32.3 Å². The molecular formula is C13H17FN2O. The summed E-state index contributed by atoms with van der Waals surface area (Å²) in [5, 5.41) is 2.69. The predicted octanol–water partition coefficient (Wildman–Crippen LogP) is 2.77. The van der Waals surface area contributed by atoms with Gasteiger partial charge in [-0.15, -0.1) is 0 Å². The van der Waals surface area contributed by atoms with Crippen LogP contribution >= 0.6 is 0 Å². The van der Waals surface area contributed by atoms with Gasteiger partial charge in [-0.05, 0) is 37.5 Å². The van der Waals surface area contributed by atoms with Crippen molar-refractivity contribution in [2.24, 2.45) is 0 Å². The Bertz CT molecular complexity index is 414. The van der Waals surface area contributed by atoms with Gasteiger partial charge >= 0.3 is 0 Å². The lowest BCUT2D eigenvalue weighted by atomic mass is 10.1. The third-order valence-corrected chi connectivity index (χ3v) is 2.97. The van der Waals surface area contributed by atoms with E-state index in [2.05, 4.69) is 10.2 Å². The molecule has 1 N–H and O–H groups in total. The Morgan fingerprint density at radius 3 is 2.65 bits per heavy atom. The first-order valence-electron chi connectivity index (χ1n) is 5.99. The zero-order valence-electron chi connectivity index (χ0n) is 10.0. The molecule has 1 fully saturated rings. The molecule has 0 radical (unpaired) electrons. The van der Waals surface area contributed by atoms with E-state index in [1.165, 1.54) is 25.5 Å². The summed E-state index contributed by atoms with van der Waals surface area (Å²) in [6.07, 6.45) is 3.54. The van der Waals surface area contributed by atoms with Gasteiger partial charge in [0, 0.05) is 20.0 Å². The SMILES string of the molecule is CC(=O)Nc1cc(F)ccc1N1CCCCC1. The highest BCUT2D eigenvalue weighted by Gasteiger charge is 2.15. The molecule has 3 nitrogen and oxygen atoms in total. The van der Waals surface area contributed by atoms with Gasteiger partial charge in [-0.2, -0.15) is 0 Å². The average molecular weight is 236 g/mol. The fourth-order valence-corrected chi connectivity index (χ4v) is 2.21. The van der Waals surface area contributed by atoms with Crippen LogP contribution in [0.5, 0.6) is 0 Å². The van der Waals surface area contributed by atoms with Crippen molar-refractivity contribution in [3.8, 4) is 0 Å². The molecule has 0 aliphatic carbocycles. The summed E-state index contributed by atoms with van der Waals surface area (Å²) in [4.78, 5) is 13.3. The molecule has 1 saturated heterocycles. The van der Waals surface area contributed by atoms with E-state index >= 15 is 0 Å². The summed E-state index contributed by atoms with van der Waals surface area (Å²) in [5.41, 5.74) is 1.49. The van der Waals surface area contributed by atoms with Crippen LogP contribution < -0.4 is 10.2 Å². The first-order chi connectivity index (χ1) is 8.16. The first-order valence-corrected chi connectivity index (χ1v) is 5.99. The van der Waals surface area contributed by atoms with Crippen LogP contribution in [0, 0.1) is 5.82 Å². The second kappa shape index (κ2) is 5.17. The number of anilines is 2. The Labute approximate surface area is 101 Å². The highest BCUT2D eigenvalue weighted by atomic mass is 19.1. The molecule has 92 valence electrons. The number of rotatable bonds is 2. The molecule has 0 spiro atoms. The van der Waals surface area contributed by atoms with Gasteiger partial charge in [-0.3, -0.25) is 4.79 Å². The van der Waals surface area contributed by atoms with Crippen molar-refractivity contribution in [1.82, 2.24) is 0 Å². The number of amides is 1. The van der Waals surface area contributed by atoms with E-state index in [9.17, 15) is 9.18 Å². The molecule has 1 heterocycles. The van der Waals surface area contributed by atoms with Crippen LogP contribution in [-0.2, 0) is 4.79 Å². The zero-order valence-corrected chi connectivity index (χ0v) is 10.0. The maximum absolute atomic E-state index is 13.2. The van der Waals surface area contributed by atoms with Crippen molar-refractivity contribution >= 4 is 17.3 Å². The number of halogens is 1. The highest BCUT2D eigenvalue weighted by Crippen LogP contribution is 2.29. The Hall–Kier alpha value is -1.58. The van der Waals surface area contributed by atoms with Gasteiger partial charge in [0.2, 0.25) is 5.91 Å². The van der Waals surface area contributed by atoms with E-state index in [-0.39, 0.29) is 11.7 Å². The van der Waals surface area contributed by atoms with E-state index in [1.807, 2.05) is 0 Å². The van der Waals surface area contributed by atoms with Crippen LogP contribution in [0.2, 0.25) is 0 Å². The van der Waals surface area contributed by atoms with Crippen LogP contribution in [-0.4, -0.2) is 19.0 Å². The van der Waals surface area contributed by atoms with Crippen LogP contribution in [0.3, 0.4) is 0 Å². The van der Waals surface area contributed by atoms with Crippen LogP contribution in [0.4, 0.5) is 15.8 Å². The summed E-state index contributed by atoms with van der Waals surface area (Å²) >= 11 is 0. The number of benzene rings is 1. The minimum Gasteiger partial charge on any atom is -0.370 e. The quantitative estimate of drug-likeness (QED) is 0.856. The summed E-state index contributed by atoms with van der Waals surface area (Å²) in [6, 6.07) is 4.56. The molecule has 1 aliphatic rings. The normalized spacial score (nSPS) is 15.8. The van der Waals surface area contributed by atoms with Crippen LogP contribution in [0.1, 0.15) is 26.2 Å². The van der Waals surface area contributed by atoms with Crippen molar-refractivity contribution in [1.29, 1.82) is 0 Å². The van der Waals surface area contributed by atoms with Gasteiger partial charge in [0.25, 0.3) is 0 Å². The van der Waals surface area contributed by atoms with Crippen LogP contribution in [0.25, 0.3) is 0 Å². The van der Waals surface area contributed by atoms with Crippen LogP contribution in [0.15, 0.2) is 18.2 Å². The molecule has 2 rings (SSSR count). The Morgan fingerprint density at radius 2 is 2.00 bits per heavy atom. The molecule has 17 heavy (non-hydrogen) atoms. The molecule has 4 heteroatoms. The number of hydrogen-bond donors (Lipinski definition) is 1. The summed E-state index contributed by atoms with van der Waals surface area (Å²) in [6.45, 7) is 3.38. The monoisotopic (exact) mass is 236 g/mol. The van der Waals surface area contributed by atoms with Crippen molar-refractivity contribution in [3.63, 3.8) is 0 Å². The van der Waals surface area contributed by atoms with Crippen molar-refractivity contribution in [3.05, 3.63) is 24.0 Å². The number of carbonyl (C=O) groups is 1. The average Bonchev–Trinajstić information content (AvgIpc) is 2.29. The lowest BCUT2D eigenvalue weighted by Gasteiger charge is -2.30. The molecule has 0 saturated carbocycles. The maximum Gasteiger partial charge on any atom is 0.221 e. The van der Waals surface area contributed by atoms with Gasteiger partial charge in [-0.25, -0.2) is 4.39 Å².